The van der Waals surface area contributed by atoms with Crippen LogP contribution in [0.15, 0.2) is 53.1 Å². The highest BCUT2D eigenvalue weighted by Gasteiger charge is 2.14. The third-order valence-corrected chi connectivity index (χ3v) is 2.74. The van der Waals surface area contributed by atoms with E-state index in [4.69, 9.17) is 0 Å². The third-order valence-electron chi connectivity index (χ3n) is 2.21. The number of benzene rings is 1. The minimum absolute atomic E-state index is 0.332. The summed E-state index contributed by atoms with van der Waals surface area (Å²) in [5, 5.41) is 4.89. The van der Waals surface area contributed by atoms with Crippen LogP contribution in [0.5, 0.6) is 0 Å². The van der Waals surface area contributed by atoms with E-state index in [1.165, 1.54) is 6.20 Å². The van der Waals surface area contributed by atoms with Gasteiger partial charge in [-0.05, 0) is 36.4 Å². The standard InChI is InChI=1S/C13H10BrN3O2/c14-9-4-6-10(7-5-9)16-12(18)13(19)17-11-3-1-2-8-15-11/h1-8H,(H,16,18)(H,15,17,19). The molecule has 0 bridgehead atoms. The van der Waals surface area contributed by atoms with Crippen LogP contribution in [0, 0.1) is 0 Å². The second kappa shape index (κ2) is 6.10. The van der Waals surface area contributed by atoms with Crippen LogP contribution in [0.4, 0.5) is 11.5 Å². The van der Waals surface area contributed by atoms with Crippen molar-refractivity contribution in [3.05, 3.63) is 53.1 Å². The average molecular weight is 320 g/mol. The van der Waals surface area contributed by atoms with Crippen LogP contribution < -0.4 is 10.6 Å². The summed E-state index contributed by atoms with van der Waals surface area (Å²) < 4.78 is 0.892. The number of carbonyl (C=O) groups excluding carboxylic acids is 2. The number of hydrogen-bond acceptors (Lipinski definition) is 3. The van der Waals surface area contributed by atoms with Gasteiger partial charge in [0, 0.05) is 16.4 Å². The summed E-state index contributed by atoms with van der Waals surface area (Å²) >= 11 is 3.28. The molecule has 0 fully saturated rings. The first-order valence-electron chi connectivity index (χ1n) is 5.44. The maximum absolute atomic E-state index is 11.6. The summed E-state index contributed by atoms with van der Waals surface area (Å²) in [5.74, 6) is -1.17. The highest BCUT2D eigenvalue weighted by atomic mass is 79.9. The molecule has 0 atom stereocenters. The van der Waals surface area contributed by atoms with E-state index >= 15 is 0 Å². The van der Waals surface area contributed by atoms with Gasteiger partial charge in [-0.2, -0.15) is 0 Å². The fourth-order valence-electron chi connectivity index (χ4n) is 1.33. The van der Waals surface area contributed by atoms with Crippen LogP contribution >= 0.6 is 15.9 Å². The normalized spacial score (nSPS) is 9.74. The topological polar surface area (TPSA) is 71.1 Å². The number of nitrogens with one attached hydrogen (secondary N) is 2. The predicted octanol–water partition coefficient (Wildman–Crippen LogP) is 2.42. The molecule has 1 heterocycles. The fourth-order valence-corrected chi connectivity index (χ4v) is 1.60. The Kier molecular flexibility index (Phi) is 4.25. The Morgan fingerprint density at radius 1 is 0.947 bits per heavy atom. The first kappa shape index (κ1) is 13.2. The van der Waals surface area contributed by atoms with Gasteiger partial charge in [-0.15, -0.1) is 0 Å². The highest BCUT2D eigenvalue weighted by molar-refractivity contribution is 9.10. The van der Waals surface area contributed by atoms with Gasteiger partial charge in [0.15, 0.2) is 0 Å². The Morgan fingerprint density at radius 2 is 1.63 bits per heavy atom. The van der Waals surface area contributed by atoms with Crippen molar-refractivity contribution in [3.63, 3.8) is 0 Å². The summed E-state index contributed by atoms with van der Waals surface area (Å²) in [4.78, 5) is 27.2. The predicted molar refractivity (Wildman–Crippen MR) is 75.6 cm³/mol. The molecule has 0 unspecified atom stereocenters. The lowest BCUT2D eigenvalue weighted by Crippen LogP contribution is -2.29. The molecule has 0 spiro atoms. The zero-order valence-corrected chi connectivity index (χ0v) is 11.3. The molecule has 0 aliphatic rings. The van der Waals surface area contributed by atoms with Gasteiger partial charge in [-0.1, -0.05) is 22.0 Å². The zero-order valence-electron chi connectivity index (χ0n) is 9.76. The van der Waals surface area contributed by atoms with E-state index in [1.807, 2.05) is 0 Å². The third kappa shape index (κ3) is 3.89. The van der Waals surface area contributed by atoms with Crippen molar-refractivity contribution in [2.45, 2.75) is 0 Å². The number of hydrogen-bond donors (Lipinski definition) is 2. The largest absolute Gasteiger partial charge is 0.318 e. The molecular formula is C13H10BrN3O2. The van der Waals surface area contributed by atoms with Crippen molar-refractivity contribution in [1.82, 2.24) is 4.98 Å². The smallest absolute Gasteiger partial charge is 0.315 e. The van der Waals surface area contributed by atoms with Crippen molar-refractivity contribution in [2.75, 3.05) is 10.6 Å². The summed E-state index contributed by atoms with van der Waals surface area (Å²) in [7, 11) is 0. The number of halogens is 1. The summed E-state index contributed by atoms with van der Waals surface area (Å²) in [6, 6.07) is 12.0. The van der Waals surface area contributed by atoms with Gasteiger partial charge in [0.25, 0.3) is 0 Å². The molecule has 2 aromatic rings. The van der Waals surface area contributed by atoms with E-state index in [2.05, 4.69) is 31.5 Å². The molecule has 1 aromatic heterocycles. The first-order chi connectivity index (χ1) is 9.15. The Morgan fingerprint density at radius 3 is 2.26 bits per heavy atom. The molecule has 6 heteroatoms. The van der Waals surface area contributed by atoms with Crippen molar-refractivity contribution in [1.29, 1.82) is 0 Å². The van der Waals surface area contributed by atoms with Crippen LogP contribution in [0.2, 0.25) is 0 Å². The van der Waals surface area contributed by atoms with Crippen LogP contribution in [0.1, 0.15) is 0 Å². The molecule has 0 saturated heterocycles. The van der Waals surface area contributed by atoms with E-state index < -0.39 is 11.8 Å². The lowest BCUT2D eigenvalue weighted by molar-refractivity contribution is -0.133. The molecule has 2 N–H and O–H groups in total. The lowest BCUT2D eigenvalue weighted by Gasteiger charge is -2.05. The molecule has 5 nitrogen and oxygen atoms in total. The molecule has 0 aliphatic heterocycles. The Hall–Kier alpha value is -2.21. The number of anilines is 2. The van der Waals surface area contributed by atoms with Crippen LogP contribution in [-0.2, 0) is 9.59 Å². The van der Waals surface area contributed by atoms with Crippen LogP contribution in [0.3, 0.4) is 0 Å². The Bertz CT molecular complexity index is 585. The maximum atomic E-state index is 11.6. The molecule has 0 aliphatic carbocycles. The van der Waals surface area contributed by atoms with Crippen LogP contribution in [-0.4, -0.2) is 16.8 Å². The first-order valence-corrected chi connectivity index (χ1v) is 6.23. The van der Waals surface area contributed by atoms with E-state index in [-0.39, 0.29) is 0 Å². The van der Waals surface area contributed by atoms with Gasteiger partial charge < -0.3 is 10.6 Å². The second-order valence-corrected chi connectivity index (χ2v) is 4.55. The van der Waals surface area contributed by atoms with Gasteiger partial charge in [-0.25, -0.2) is 4.98 Å². The quantitative estimate of drug-likeness (QED) is 0.835. The van der Waals surface area contributed by atoms with Gasteiger partial charge >= 0.3 is 11.8 Å². The molecule has 96 valence electrons. The maximum Gasteiger partial charge on any atom is 0.315 e. The Labute approximate surface area is 118 Å². The van der Waals surface area contributed by atoms with Gasteiger partial charge in [0.2, 0.25) is 0 Å². The summed E-state index contributed by atoms with van der Waals surface area (Å²) in [6.45, 7) is 0. The minimum Gasteiger partial charge on any atom is -0.318 e. The lowest BCUT2D eigenvalue weighted by atomic mass is 10.3. The monoisotopic (exact) mass is 319 g/mol. The van der Waals surface area contributed by atoms with Crippen molar-refractivity contribution in [2.24, 2.45) is 0 Å². The Balaban J connectivity index is 1.96. The van der Waals surface area contributed by atoms with Gasteiger partial charge in [-0.3, -0.25) is 9.59 Å². The number of rotatable bonds is 2. The molecule has 2 rings (SSSR count). The fraction of sp³-hybridized carbons (Fsp3) is 0. The van der Waals surface area contributed by atoms with Gasteiger partial charge in [0.1, 0.15) is 5.82 Å². The van der Waals surface area contributed by atoms with E-state index in [1.54, 1.807) is 42.5 Å². The van der Waals surface area contributed by atoms with E-state index in [0.717, 1.165) is 4.47 Å². The number of pyridine rings is 1. The molecule has 0 radical (unpaired) electrons. The van der Waals surface area contributed by atoms with Gasteiger partial charge in [0.05, 0.1) is 0 Å². The van der Waals surface area contributed by atoms with Crippen molar-refractivity contribution in [3.8, 4) is 0 Å². The molecule has 0 saturated carbocycles. The van der Waals surface area contributed by atoms with E-state index in [0.29, 0.717) is 11.5 Å². The molecule has 2 amide bonds. The SMILES string of the molecule is O=C(Nc1ccc(Br)cc1)C(=O)Nc1ccccn1. The molecule has 19 heavy (non-hydrogen) atoms. The van der Waals surface area contributed by atoms with Crippen molar-refractivity contribution < 1.29 is 9.59 Å². The van der Waals surface area contributed by atoms with Crippen LogP contribution in [0.25, 0.3) is 0 Å². The highest BCUT2D eigenvalue weighted by Crippen LogP contribution is 2.14. The van der Waals surface area contributed by atoms with Crippen molar-refractivity contribution >= 4 is 39.2 Å². The number of nitrogens with zero attached hydrogens (tertiary/aromatic N) is 1. The number of amides is 2. The minimum atomic E-state index is -0.762. The zero-order chi connectivity index (χ0) is 13.7. The second-order valence-electron chi connectivity index (χ2n) is 3.63. The summed E-state index contributed by atoms with van der Waals surface area (Å²) in [6.07, 6.45) is 1.53. The number of aromatic nitrogens is 1. The average Bonchev–Trinajstić information content (AvgIpc) is 2.42. The summed E-state index contributed by atoms with van der Waals surface area (Å²) in [5.41, 5.74) is 0.546. The van der Waals surface area contributed by atoms with E-state index in [9.17, 15) is 9.59 Å². The molecular weight excluding hydrogens is 310 g/mol. The number of carbonyl (C=O) groups is 2. The molecule has 1 aromatic carbocycles.